The van der Waals surface area contributed by atoms with E-state index in [9.17, 15) is 18.0 Å². The molecular weight excluding hydrogens is 498 g/mol. The van der Waals surface area contributed by atoms with Crippen molar-refractivity contribution in [3.05, 3.63) is 94.5 Å². The molecule has 0 saturated heterocycles. The van der Waals surface area contributed by atoms with Crippen molar-refractivity contribution in [2.24, 2.45) is 0 Å². The van der Waals surface area contributed by atoms with Crippen molar-refractivity contribution >= 4 is 27.5 Å². The van der Waals surface area contributed by atoms with E-state index in [1.54, 1.807) is 37.3 Å². The number of carbonyl (C=O) groups excluding carboxylic acids is 2. The van der Waals surface area contributed by atoms with Gasteiger partial charge in [0.25, 0.3) is 10.0 Å². The number of hydrogen-bond acceptors (Lipinski definition) is 4. The van der Waals surface area contributed by atoms with Gasteiger partial charge < -0.3 is 10.2 Å². The van der Waals surface area contributed by atoms with E-state index in [1.807, 2.05) is 71.0 Å². The van der Waals surface area contributed by atoms with Gasteiger partial charge in [0, 0.05) is 13.1 Å². The first kappa shape index (κ1) is 28.9. The molecule has 0 bridgehead atoms. The van der Waals surface area contributed by atoms with Crippen LogP contribution >= 0.6 is 0 Å². The number of carbonyl (C=O) groups is 2. The highest BCUT2D eigenvalue weighted by Gasteiger charge is 2.33. The van der Waals surface area contributed by atoms with Gasteiger partial charge in [0.1, 0.15) is 12.6 Å². The fraction of sp³-hybridized carbons (Fsp3) is 0.333. The quantitative estimate of drug-likeness (QED) is 0.409. The largest absolute Gasteiger partial charge is 0.355 e. The van der Waals surface area contributed by atoms with E-state index in [4.69, 9.17) is 0 Å². The molecule has 0 aliphatic heterocycles. The average Bonchev–Trinajstić information content (AvgIpc) is 2.88. The molecule has 0 fully saturated rings. The normalized spacial score (nSPS) is 12.1. The van der Waals surface area contributed by atoms with Crippen molar-refractivity contribution in [1.29, 1.82) is 0 Å². The fourth-order valence-corrected chi connectivity index (χ4v) is 5.69. The van der Waals surface area contributed by atoms with Crippen LogP contribution in [0, 0.1) is 27.7 Å². The maximum atomic E-state index is 14.0. The topological polar surface area (TPSA) is 86.8 Å². The molecule has 202 valence electrons. The van der Waals surface area contributed by atoms with Crippen LogP contribution in [-0.4, -0.2) is 44.3 Å². The molecule has 0 saturated carbocycles. The third-order valence-corrected chi connectivity index (χ3v) is 8.42. The molecule has 0 aromatic heterocycles. The van der Waals surface area contributed by atoms with Crippen LogP contribution in [0.25, 0.3) is 0 Å². The van der Waals surface area contributed by atoms with Crippen LogP contribution in [0.5, 0.6) is 0 Å². The van der Waals surface area contributed by atoms with Crippen molar-refractivity contribution in [2.45, 2.75) is 59.0 Å². The Bertz CT molecular complexity index is 1400. The van der Waals surface area contributed by atoms with Gasteiger partial charge in [-0.1, -0.05) is 54.1 Å². The van der Waals surface area contributed by atoms with Crippen molar-refractivity contribution in [3.63, 3.8) is 0 Å². The molecule has 0 heterocycles. The first-order chi connectivity index (χ1) is 17.9. The first-order valence-electron chi connectivity index (χ1n) is 12.7. The van der Waals surface area contributed by atoms with E-state index in [2.05, 4.69) is 5.32 Å². The Morgan fingerprint density at radius 3 is 2.13 bits per heavy atom. The summed E-state index contributed by atoms with van der Waals surface area (Å²) < 4.78 is 29.1. The van der Waals surface area contributed by atoms with Crippen molar-refractivity contribution in [2.75, 3.05) is 17.4 Å². The molecule has 3 aromatic carbocycles. The second kappa shape index (κ2) is 12.3. The molecule has 0 aliphatic rings. The zero-order valence-corrected chi connectivity index (χ0v) is 23.8. The van der Waals surface area contributed by atoms with Crippen molar-refractivity contribution in [1.82, 2.24) is 10.2 Å². The molecule has 0 spiro atoms. The lowest BCUT2D eigenvalue weighted by Crippen LogP contribution is -2.51. The predicted octanol–water partition coefficient (Wildman–Crippen LogP) is 4.67. The molecule has 1 atom stereocenters. The van der Waals surface area contributed by atoms with E-state index in [-0.39, 0.29) is 17.3 Å². The van der Waals surface area contributed by atoms with Gasteiger partial charge in [-0.15, -0.1) is 0 Å². The second-order valence-electron chi connectivity index (χ2n) is 9.63. The number of rotatable bonds is 10. The van der Waals surface area contributed by atoms with Gasteiger partial charge in [-0.05, 0) is 82.0 Å². The molecule has 8 heteroatoms. The Morgan fingerprint density at radius 1 is 0.868 bits per heavy atom. The zero-order chi connectivity index (χ0) is 28.0. The van der Waals surface area contributed by atoms with Crippen LogP contribution in [0.4, 0.5) is 5.69 Å². The lowest BCUT2D eigenvalue weighted by Gasteiger charge is -2.32. The van der Waals surface area contributed by atoms with Gasteiger partial charge in [-0.2, -0.15) is 0 Å². The van der Waals surface area contributed by atoms with E-state index >= 15 is 0 Å². The minimum absolute atomic E-state index is 0.0963. The van der Waals surface area contributed by atoms with Crippen LogP contribution in [0.1, 0.15) is 41.7 Å². The summed E-state index contributed by atoms with van der Waals surface area (Å²) >= 11 is 0. The minimum Gasteiger partial charge on any atom is -0.355 e. The highest BCUT2D eigenvalue weighted by molar-refractivity contribution is 7.92. The Hall–Kier alpha value is -3.65. The summed E-state index contributed by atoms with van der Waals surface area (Å²) in [4.78, 5) is 28.3. The molecular formula is C30H37N3O4S. The maximum Gasteiger partial charge on any atom is 0.264 e. The van der Waals surface area contributed by atoms with Crippen LogP contribution in [0.15, 0.2) is 71.6 Å². The van der Waals surface area contributed by atoms with Gasteiger partial charge in [0.05, 0.1) is 10.6 Å². The number of anilines is 1. The number of likely N-dealkylation sites (N-methyl/N-ethyl adjacent to an activating group) is 1. The number of benzene rings is 3. The van der Waals surface area contributed by atoms with E-state index in [0.29, 0.717) is 12.2 Å². The van der Waals surface area contributed by atoms with E-state index in [1.165, 1.54) is 4.90 Å². The Balaban J connectivity index is 2.09. The Kier molecular flexibility index (Phi) is 9.33. The molecule has 1 unspecified atom stereocenters. The van der Waals surface area contributed by atoms with E-state index < -0.39 is 28.5 Å². The Labute approximate surface area is 226 Å². The summed E-state index contributed by atoms with van der Waals surface area (Å²) in [6.45, 7) is 11.2. The molecule has 2 amide bonds. The molecule has 3 rings (SSSR count). The van der Waals surface area contributed by atoms with Gasteiger partial charge in [-0.25, -0.2) is 8.42 Å². The average molecular weight is 536 g/mol. The summed E-state index contributed by atoms with van der Waals surface area (Å²) in [5.74, 6) is -0.766. The van der Waals surface area contributed by atoms with E-state index in [0.717, 1.165) is 32.1 Å². The predicted molar refractivity (Wildman–Crippen MR) is 152 cm³/mol. The third-order valence-electron chi connectivity index (χ3n) is 6.64. The second-order valence-corrected chi connectivity index (χ2v) is 11.5. The number of aryl methyl sites for hydroxylation is 4. The number of hydrogen-bond donors (Lipinski definition) is 1. The highest BCUT2D eigenvalue weighted by Crippen LogP contribution is 2.29. The molecule has 7 nitrogen and oxygen atoms in total. The molecule has 3 aromatic rings. The minimum atomic E-state index is -4.09. The number of amides is 2. The summed E-state index contributed by atoms with van der Waals surface area (Å²) in [7, 11) is -4.09. The molecule has 1 N–H and O–H groups in total. The van der Waals surface area contributed by atoms with Crippen molar-refractivity contribution in [3.8, 4) is 0 Å². The molecule has 38 heavy (non-hydrogen) atoms. The lowest BCUT2D eigenvalue weighted by molar-refractivity contribution is -0.139. The lowest BCUT2D eigenvalue weighted by atomic mass is 10.1. The summed E-state index contributed by atoms with van der Waals surface area (Å²) in [6, 6.07) is 18.9. The zero-order valence-electron chi connectivity index (χ0n) is 23.0. The smallest absolute Gasteiger partial charge is 0.264 e. The summed E-state index contributed by atoms with van der Waals surface area (Å²) in [6.07, 6.45) is 0. The number of nitrogens with zero attached hydrogens (tertiary/aromatic N) is 2. The molecule has 0 aliphatic carbocycles. The van der Waals surface area contributed by atoms with Crippen LogP contribution in [-0.2, 0) is 26.2 Å². The first-order valence-corrected chi connectivity index (χ1v) is 14.2. The summed E-state index contributed by atoms with van der Waals surface area (Å²) in [5, 5.41) is 2.78. The number of sulfonamides is 1. The van der Waals surface area contributed by atoms with Crippen LogP contribution < -0.4 is 9.62 Å². The Morgan fingerprint density at radius 2 is 1.50 bits per heavy atom. The standard InChI is InChI=1S/C30H37N3O4S/c1-7-31-30(35)25(6)32(19-26-11-9-8-10-23(26)4)29(34)20-33(28-18-22(3)12-15-24(28)5)38(36,37)27-16-13-21(2)14-17-27/h8-18,25H,7,19-20H2,1-6H3,(H,31,35). The summed E-state index contributed by atoms with van der Waals surface area (Å²) in [5.41, 5.74) is 4.82. The van der Waals surface area contributed by atoms with Gasteiger partial charge in [-0.3, -0.25) is 13.9 Å². The SMILES string of the molecule is CCNC(=O)C(C)N(Cc1ccccc1C)C(=O)CN(c1cc(C)ccc1C)S(=O)(=O)c1ccc(C)cc1. The number of nitrogens with one attached hydrogen (secondary N) is 1. The van der Waals surface area contributed by atoms with Gasteiger partial charge >= 0.3 is 0 Å². The van der Waals surface area contributed by atoms with Crippen LogP contribution in [0.3, 0.4) is 0 Å². The third kappa shape index (κ3) is 6.61. The highest BCUT2D eigenvalue weighted by atomic mass is 32.2. The van der Waals surface area contributed by atoms with Gasteiger partial charge in [0.2, 0.25) is 11.8 Å². The monoisotopic (exact) mass is 535 g/mol. The van der Waals surface area contributed by atoms with Crippen molar-refractivity contribution < 1.29 is 18.0 Å². The van der Waals surface area contributed by atoms with Crippen LogP contribution in [0.2, 0.25) is 0 Å². The van der Waals surface area contributed by atoms with Gasteiger partial charge in [0.15, 0.2) is 0 Å². The fourth-order valence-electron chi connectivity index (χ4n) is 4.21. The molecule has 0 radical (unpaired) electrons. The maximum absolute atomic E-state index is 14.0.